The smallest absolute Gasteiger partial charge is 0.271 e. The number of fused-ring (bicyclic) bond motifs is 1. The predicted molar refractivity (Wildman–Crippen MR) is 132 cm³/mol. The van der Waals surface area contributed by atoms with E-state index in [0.717, 1.165) is 27.7 Å². The highest BCUT2D eigenvalue weighted by atomic mass is 127. The lowest BCUT2D eigenvalue weighted by Gasteiger charge is -2.47. The fraction of sp³-hybridized carbons (Fsp3) is 0.417. The van der Waals surface area contributed by atoms with E-state index >= 15 is 0 Å². The summed E-state index contributed by atoms with van der Waals surface area (Å²) in [5.41, 5.74) is 8.12. The topological polar surface area (TPSA) is 53.9 Å². The van der Waals surface area contributed by atoms with E-state index < -0.39 is 0 Å². The SMILES string of the molecule is CCN1c2cc(C)c(/C=N\NC(=O)c3ccc(I)c(OC)c3)cc2C(C)CC1(C)C. The van der Waals surface area contributed by atoms with Crippen LogP contribution in [0, 0.1) is 10.5 Å². The van der Waals surface area contributed by atoms with Crippen LogP contribution in [0.5, 0.6) is 5.75 Å². The number of halogens is 1. The van der Waals surface area contributed by atoms with E-state index in [-0.39, 0.29) is 11.4 Å². The number of nitrogens with zero attached hydrogens (tertiary/aromatic N) is 2. The van der Waals surface area contributed by atoms with Crippen LogP contribution in [0.25, 0.3) is 0 Å². The Balaban J connectivity index is 1.82. The Morgan fingerprint density at radius 3 is 2.77 bits per heavy atom. The number of rotatable bonds is 5. The van der Waals surface area contributed by atoms with E-state index in [1.807, 2.05) is 6.07 Å². The molecule has 5 nitrogen and oxygen atoms in total. The Labute approximate surface area is 193 Å². The summed E-state index contributed by atoms with van der Waals surface area (Å²) in [7, 11) is 1.60. The van der Waals surface area contributed by atoms with Crippen LogP contribution in [0.15, 0.2) is 35.4 Å². The molecule has 0 fully saturated rings. The van der Waals surface area contributed by atoms with Crippen LogP contribution in [0.4, 0.5) is 5.69 Å². The maximum Gasteiger partial charge on any atom is 0.271 e. The second-order valence-electron chi connectivity index (χ2n) is 8.48. The summed E-state index contributed by atoms with van der Waals surface area (Å²) in [6.07, 6.45) is 2.85. The minimum Gasteiger partial charge on any atom is -0.496 e. The molecule has 2 aromatic rings. The number of methoxy groups -OCH3 is 1. The van der Waals surface area contributed by atoms with Crippen LogP contribution in [0.2, 0.25) is 0 Å². The van der Waals surface area contributed by atoms with E-state index in [9.17, 15) is 4.79 Å². The molecule has 160 valence electrons. The van der Waals surface area contributed by atoms with Gasteiger partial charge in [-0.3, -0.25) is 4.79 Å². The Kier molecular flexibility index (Phi) is 6.75. The molecule has 0 saturated heterocycles. The van der Waals surface area contributed by atoms with Crippen molar-refractivity contribution in [3.05, 3.63) is 56.2 Å². The molecule has 0 bridgehead atoms. The maximum absolute atomic E-state index is 12.4. The van der Waals surface area contributed by atoms with Gasteiger partial charge in [0.25, 0.3) is 5.91 Å². The summed E-state index contributed by atoms with van der Waals surface area (Å²) in [6, 6.07) is 9.82. The lowest BCUT2D eigenvalue weighted by atomic mass is 9.79. The molecule has 0 spiro atoms. The van der Waals surface area contributed by atoms with Crippen LogP contribution in [-0.4, -0.2) is 31.3 Å². The Morgan fingerprint density at radius 2 is 2.10 bits per heavy atom. The number of anilines is 1. The maximum atomic E-state index is 12.4. The van der Waals surface area contributed by atoms with Gasteiger partial charge in [-0.1, -0.05) is 6.92 Å². The molecule has 0 aromatic heterocycles. The van der Waals surface area contributed by atoms with Crippen molar-refractivity contribution >= 4 is 40.4 Å². The first-order chi connectivity index (χ1) is 14.2. The quantitative estimate of drug-likeness (QED) is 0.323. The molecule has 1 aliphatic rings. The highest BCUT2D eigenvalue weighted by molar-refractivity contribution is 14.1. The fourth-order valence-corrected chi connectivity index (χ4v) is 4.97. The molecule has 1 atom stereocenters. The van der Waals surface area contributed by atoms with Gasteiger partial charge in [0.05, 0.1) is 16.9 Å². The van der Waals surface area contributed by atoms with Crippen LogP contribution in [0.3, 0.4) is 0 Å². The highest BCUT2D eigenvalue weighted by Crippen LogP contribution is 2.44. The number of ether oxygens (including phenoxy) is 1. The van der Waals surface area contributed by atoms with Crippen molar-refractivity contribution in [2.45, 2.75) is 52.5 Å². The average molecular weight is 519 g/mol. The van der Waals surface area contributed by atoms with E-state index in [1.165, 1.54) is 11.3 Å². The molecule has 6 heteroatoms. The van der Waals surface area contributed by atoms with Crippen molar-refractivity contribution in [3.63, 3.8) is 0 Å². The number of aryl methyl sites for hydroxylation is 1. The lowest BCUT2D eigenvalue weighted by molar-refractivity contribution is 0.0954. The zero-order chi connectivity index (χ0) is 22.1. The fourth-order valence-electron chi connectivity index (χ4n) is 4.41. The number of hydrogen-bond acceptors (Lipinski definition) is 4. The molecule has 0 radical (unpaired) electrons. The van der Waals surface area contributed by atoms with Crippen LogP contribution < -0.4 is 15.1 Å². The van der Waals surface area contributed by atoms with Crippen molar-refractivity contribution < 1.29 is 9.53 Å². The molecule has 1 aliphatic heterocycles. The Bertz CT molecular complexity index is 985. The number of benzene rings is 2. The van der Waals surface area contributed by atoms with Crippen molar-refractivity contribution in [2.24, 2.45) is 5.10 Å². The third-order valence-corrected chi connectivity index (χ3v) is 6.76. The molecule has 1 unspecified atom stereocenters. The summed E-state index contributed by atoms with van der Waals surface area (Å²) in [4.78, 5) is 14.9. The van der Waals surface area contributed by atoms with E-state index in [1.54, 1.807) is 25.5 Å². The summed E-state index contributed by atoms with van der Waals surface area (Å²) in [6.45, 7) is 12.2. The van der Waals surface area contributed by atoms with Gasteiger partial charge in [0.1, 0.15) is 5.75 Å². The van der Waals surface area contributed by atoms with Gasteiger partial charge in [0.2, 0.25) is 0 Å². The summed E-state index contributed by atoms with van der Waals surface area (Å²) >= 11 is 2.18. The number of carbonyl (C=O) groups excluding carboxylic acids is 1. The Morgan fingerprint density at radius 1 is 1.37 bits per heavy atom. The van der Waals surface area contributed by atoms with Gasteiger partial charge in [-0.2, -0.15) is 5.10 Å². The van der Waals surface area contributed by atoms with E-state index in [0.29, 0.717) is 17.2 Å². The van der Waals surface area contributed by atoms with Crippen molar-refractivity contribution in [1.82, 2.24) is 5.43 Å². The van der Waals surface area contributed by atoms with E-state index in [4.69, 9.17) is 4.74 Å². The first-order valence-corrected chi connectivity index (χ1v) is 11.3. The number of amides is 1. The van der Waals surface area contributed by atoms with Crippen molar-refractivity contribution in [2.75, 3.05) is 18.6 Å². The molecule has 1 N–H and O–H groups in total. The van der Waals surface area contributed by atoms with Gasteiger partial charge < -0.3 is 9.64 Å². The lowest BCUT2D eigenvalue weighted by Crippen LogP contribution is -2.48. The molecular formula is C24H30IN3O2. The van der Waals surface area contributed by atoms with Crippen LogP contribution in [-0.2, 0) is 0 Å². The third kappa shape index (κ3) is 4.48. The molecule has 0 saturated carbocycles. The Hall–Kier alpha value is -2.09. The molecule has 2 aromatic carbocycles. The molecule has 3 rings (SSSR count). The molecule has 1 heterocycles. The third-order valence-electron chi connectivity index (χ3n) is 5.87. The predicted octanol–water partition coefficient (Wildman–Crippen LogP) is 5.48. The number of nitrogens with one attached hydrogen (secondary N) is 1. The number of carbonyl (C=O) groups is 1. The summed E-state index contributed by atoms with van der Waals surface area (Å²) in [5, 5.41) is 4.22. The van der Waals surface area contributed by atoms with E-state index in [2.05, 4.69) is 84.8 Å². The highest BCUT2D eigenvalue weighted by Gasteiger charge is 2.35. The standard InChI is InChI=1S/C24H30IN3O2/c1-7-28-21-10-15(2)18(11-19(21)16(3)13-24(28,4)5)14-26-27-23(29)17-8-9-20(25)22(12-17)30-6/h8-12,14,16H,7,13H2,1-6H3,(H,27,29)/b26-14-. The number of hydrazone groups is 1. The van der Waals surface area contributed by atoms with Gasteiger partial charge in [-0.05, 0) is 110 Å². The molecule has 0 aliphatic carbocycles. The molecule has 30 heavy (non-hydrogen) atoms. The minimum atomic E-state index is -0.260. The summed E-state index contributed by atoms with van der Waals surface area (Å²) in [5.74, 6) is 0.887. The zero-order valence-corrected chi connectivity index (χ0v) is 20.7. The monoisotopic (exact) mass is 519 g/mol. The van der Waals surface area contributed by atoms with Gasteiger partial charge in [-0.25, -0.2) is 5.43 Å². The molecular weight excluding hydrogens is 489 g/mol. The van der Waals surface area contributed by atoms with Crippen LogP contribution >= 0.6 is 22.6 Å². The van der Waals surface area contributed by atoms with Crippen molar-refractivity contribution in [3.8, 4) is 5.75 Å². The van der Waals surface area contributed by atoms with Gasteiger partial charge in [-0.15, -0.1) is 0 Å². The van der Waals surface area contributed by atoms with Gasteiger partial charge >= 0.3 is 0 Å². The molecule has 1 amide bonds. The normalized spacial score (nSPS) is 17.7. The van der Waals surface area contributed by atoms with Crippen molar-refractivity contribution in [1.29, 1.82) is 0 Å². The number of hydrogen-bond donors (Lipinski definition) is 1. The largest absolute Gasteiger partial charge is 0.496 e. The van der Waals surface area contributed by atoms with Gasteiger partial charge in [0.15, 0.2) is 0 Å². The van der Waals surface area contributed by atoms with Gasteiger partial charge in [0, 0.05) is 23.3 Å². The minimum absolute atomic E-state index is 0.145. The first kappa shape index (κ1) is 22.6. The zero-order valence-electron chi connectivity index (χ0n) is 18.5. The average Bonchev–Trinajstić information content (AvgIpc) is 2.68. The van der Waals surface area contributed by atoms with Crippen LogP contribution in [0.1, 0.15) is 67.1 Å². The second kappa shape index (κ2) is 8.96. The first-order valence-electron chi connectivity index (χ1n) is 10.3. The second-order valence-corrected chi connectivity index (χ2v) is 9.64. The summed E-state index contributed by atoms with van der Waals surface area (Å²) < 4.78 is 6.25.